The number of hydrogen-bond donors (Lipinski definition) is 1. The highest BCUT2D eigenvalue weighted by molar-refractivity contribution is 5.70. The van der Waals surface area contributed by atoms with E-state index in [0.29, 0.717) is 5.56 Å². The van der Waals surface area contributed by atoms with Crippen LogP contribution in [0.15, 0.2) is 24.3 Å². The smallest absolute Gasteiger partial charge is 0.307 e. The Morgan fingerprint density at radius 3 is 2.76 bits per heavy atom. The van der Waals surface area contributed by atoms with Crippen molar-refractivity contribution in [3.63, 3.8) is 0 Å². The SMILES string of the molecule is N#Cc1cc(C=CCC(=O)O)cc([N+](=O)[O-])c1. The van der Waals surface area contributed by atoms with Crippen molar-refractivity contribution in [2.75, 3.05) is 0 Å². The first kappa shape index (κ1) is 12.4. The lowest BCUT2D eigenvalue weighted by molar-refractivity contribution is -0.384. The minimum Gasteiger partial charge on any atom is -0.481 e. The number of hydrogen-bond acceptors (Lipinski definition) is 4. The fourth-order valence-electron chi connectivity index (χ4n) is 1.20. The maximum atomic E-state index is 10.6. The van der Waals surface area contributed by atoms with E-state index in [2.05, 4.69) is 0 Å². The molecule has 17 heavy (non-hydrogen) atoms. The molecule has 1 N–H and O–H groups in total. The van der Waals surface area contributed by atoms with Gasteiger partial charge in [0.2, 0.25) is 0 Å². The Hall–Kier alpha value is -2.68. The molecule has 1 rings (SSSR count). The molecule has 86 valence electrons. The summed E-state index contributed by atoms with van der Waals surface area (Å²) < 4.78 is 0. The van der Waals surface area contributed by atoms with Gasteiger partial charge in [0.25, 0.3) is 5.69 Å². The van der Waals surface area contributed by atoms with Crippen LogP contribution in [0.5, 0.6) is 0 Å². The topological polar surface area (TPSA) is 104 Å². The highest BCUT2D eigenvalue weighted by Gasteiger charge is 2.08. The molecule has 0 radical (unpaired) electrons. The third-order valence-electron chi connectivity index (χ3n) is 1.88. The number of nitro benzene ring substituents is 1. The lowest BCUT2D eigenvalue weighted by Crippen LogP contribution is -1.91. The van der Waals surface area contributed by atoms with Crippen molar-refractivity contribution in [2.45, 2.75) is 6.42 Å². The van der Waals surface area contributed by atoms with Crippen molar-refractivity contribution in [2.24, 2.45) is 0 Å². The minimum absolute atomic E-state index is 0.161. The van der Waals surface area contributed by atoms with Crippen LogP contribution in [-0.4, -0.2) is 16.0 Å². The van der Waals surface area contributed by atoms with Crippen molar-refractivity contribution >= 4 is 17.7 Å². The first-order valence-electron chi connectivity index (χ1n) is 4.61. The monoisotopic (exact) mass is 232 g/mol. The number of nitro groups is 1. The summed E-state index contributed by atoms with van der Waals surface area (Å²) in [6, 6.07) is 5.70. The standard InChI is InChI=1S/C11H8N2O4/c12-7-9-4-8(2-1-3-11(14)15)5-10(6-9)13(16)17/h1-2,4-6H,3H2,(H,14,15). The number of carboxylic acid groups (broad SMARTS) is 1. The van der Waals surface area contributed by atoms with E-state index >= 15 is 0 Å². The zero-order valence-electron chi connectivity index (χ0n) is 8.66. The molecule has 6 heteroatoms. The van der Waals surface area contributed by atoms with Gasteiger partial charge < -0.3 is 5.11 Å². The zero-order valence-corrected chi connectivity index (χ0v) is 8.66. The Morgan fingerprint density at radius 2 is 2.24 bits per heavy atom. The second-order valence-electron chi connectivity index (χ2n) is 3.18. The summed E-state index contributed by atoms with van der Waals surface area (Å²) >= 11 is 0. The van der Waals surface area contributed by atoms with Crippen LogP contribution in [0.2, 0.25) is 0 Å². The number of benzene rings is 1. The summed E-state index contributed by atoms with van der Waals surface area (Å²) in [5, 5.41) is 27.7. The molecule has 0 aliphatic rings. The predicted molar refractivity (Wildman–Crippen MR) is 59.1 cm³/mol. The average molecular weight is 232 g/mol. The molecule has 1 aromatic rings. The van der Waals surface area contributed by atoms with Crippen LogP contribution in [-0.2, 0) is 4.79 Å². The fourth-order valence-corrected chi connectivity index (χ4v) is 1.20. The number of aliphatic carboxylic acids is 1. The Bertz CT molecular complexity index is 529. The Morgan fingerprint density at radius 1 is 1.53 bits per heavy atom. The third kappa shape index (κ3) is 3.76. The molecule has 0 bridgehead atoms. The molecule has 0 unspecified atom stereocenters. The maximum absolute atomic E-state index is 10.6. The van der Waals surface area contributed by atoms with Gasteiger partial charge >= 0.3 is 5.97 Å². The van der Waals surface area contributed by atoms with Crippen LogP contribution in [0.4, 0.5) is 5.69 Å². The van der Waals surface area contributed by atoms with Crippen molar-refractivity contribution in [3.05, 3.63) is 45.5 Å². The van der Waals surface area contributed by atoms with Crippen LogP contribution < -0.4 is 0 Å². The van der Waals surface area contributed by atoms with Gasteiger partial charge in [0.05, 0.1) is 23.0 Å². The molecule has 0 spiro atoms. The summed E-state index contributed by atoms with van der Waals surface area (Å²) in [7, 11) is 0. The summed E-state index contributed by atoms with van der Waals surface area (Å²) in [6.45, 7) is 0. The number of carboxylic acids is 1. The van der Waals surface area contributed by atoms with Gasteiger partial charge in [-0.2, -0.15) is 5.26 Å². The second kappa shape index (κ2) is 5.42. The highest BCUT2D eigenvalue weighted by Crippen LogP contribution is 2.17. The van der Waals surface area contributed by atoms with E-state index < -0.39 is 10.9 Å². The van der Waals surface area contributed by atoms with E-state index in [4.69, 9.17) is 10.4 Å². The van der Waals surface area contributed by atoms with Crippen LogP contribution in [0.25, 0.3) is 6.08 Å². The molecule has 0 atom stereocenters. The third-order valence-corrected chi connectivity index (χ3v) is 1.88. The van der Waals surface area contributed by atoms with Crippen molar-refractivity contribution in [1.29, 1.82) is 5.26 Å². The fraction of sp³-hybridized carbons (Fsp3) is 0.0909. The first-order chi connectivity index (χ1) is 8.02. The quantitative estimate of drug-likeness (QED) is 0.631. The van der Waals surface area contributed by atoms with Crippen LogP contribution >= 0.6 is 0 Å². The first-order valence-corrected chi connectivity index (χ1v) is 4.61. The average Bonchev–Trinajstić information content (AvgIpc) is 2.28. The molecule has 0 aliphatic carbocycles. The van der Waals surface area contributed by atoms with Gasteiger partial charge in [-0.25, -0.2) is 0 Å². The normalized spacial score (nSPS) is 10.1. The Balaban J connectivity index is 3.04. The molecule has 0 aliphatic heterocycles. The van der Waals surface area contributed by atoms with Crippen molar-refractivity contribution in [1.82, 2.24) is 0 Å². The molecule has 0 aromatic heterocycles. The molecular formula is C11H8N2O4. The predicted octanol–water partition coefficient (Wildman–Crippen LogP) is 1.95. The van der Waals surface area contributed by atoms with E-state index in [1.807, 2.05) is 6.07 Å². The number of rotatable bonds is 4. The summed E-state index contributed by atoms with van der Waals surface area (Å²) in [5.74, 6) is -0.993. The molecular weight excluding hydrogens is 224 g/mol. The van der Waals surface area contributed by atoms with Crippen molar-refractivity contribution in [3.8, 4) is 6.07 Å². The molecule has 0 saturated heterocycles. The van der Waals surface area contributed by atoms with Crippen LogP contribution in [0, 0.1) is 21.4 Å². The number of non-ortho nitro benzene ring substituents is 1. The summed E-state index contributed by atoms with van der Waals surface area (Å²) in [4.78, 5) is 20.3. The van der Waals surface area contributed by atoms with Gasteiger partial charge in [0.15, 0.2) is 0 Å². The Kier molecular flexibility index (Phi) is 3.95. The molecule has 0 saturated carbocycles. The van der Waals surface area contributed by atoms with Crippen LogP contribution in [0.1, 0.15) is 17.5 Å². The van der Waals surface area contributed by atoms with Gasteiger partial charge in [-0.3, -0.25) is 14.9 Å². The highest BCUT2D eigenvalue weighted by atomic mass is 16.6. The maximum Gasteiger partial charge on any atom is 0.307 e. The number of nitriles is 1. The van der Waals surface area contributed by atoms with E-state index in [0.717, 1.165) is 6.07 Å². The largest absolute Gasteiger partial charge is 0.481 e. The lowest BCUT2D eigenvalue weighted by atomic mass is 10.1. The van der Waals surface area contributed by atoms with Gasteiger partial charge in [-0.15, -0.1) is 0 Å². The van der Waals surface area contributed by atoms with Gasteiger partial charge in [-0.05, 0) is 11.6 Å². The summed E-state index contributed by atoms with van der Waals surface area (Å²) in [5.41, 5.74) is 0.394. The molecule has 0 heterocycles. The molecule has 1 aromatic carbocycles. The van der Waals surface area contributed by atoms with E-state index in [-0.39, 0.29) is 17.7 Å². The number of nitrogens with zero attached hydrogens (tertiary/aromatic N) is 2. The van der Waals surface area contributed by atoms with E-state index in [1.165, 1.54) is 24.3 Å². The van der Waals surface area contributed by atoms with Gasteiger partial charge in [0.1, 0.15) is 0 Å². The molecule has 0 amide bonds. The second-order valence-corrected chi connectivity index (χ2v) is 3.18. The molecule has 6 nitrogen and oxygen atoms in total. The van der Waals surface area contributed by atoms with E-state index in [1.54, 1.807) is 0 Å². The Labute approximate surface area is 96.6 Å². The minimum atomic E-state index is -0.993. The van der Waals surface area contributed by atoms with Crippen molar-refractivity contribution < 1.29 is 14.8 Å². The lowest BCUT2D eigenvalue weighted by Gasteiger charge is -1.96. The van der Waals surface area contributed by atoms with Gasteiger partial charge in [0, 0.05) is 12.1 Å². The molecule has 0 fully saturated rings. The summed E-state index contributed by atoms with van der Waals surface area (Å²) in [6.07, 6.45) is 2.62. The number of carbonyl (C=O) groups is 1. The van der Waals surface area contributed by atoms with Crippen LogP contribution in [0.3, 0.4) is 0 Å². The zero-order chi connectivity index (χ0) is 12.8. The van der Waals surface area contributed by atoms with Gasteiger partial charge in [-0.1, -0.05) is 12.2 Å². The van der Waals surface area contributed by atoms with E-state index in [9.17, 15) is 14.9 Å².